The second-order valence-electron chi connectivity index (χ2n) is 6.28. The first-order valence-corrected chi connectivity index (χ1v) is 10.5. The third-order valence-electron chi connectivity index (χ3n) is 4.23. The van der Waals surface area contributed by atoms with Gasteiger partial charge in [0.05, 0.1) is 0 Å². The maximum atomic E-state index is 10.7. The maximum absolute atomic E-state index is 10.7. The molecule has 2 aliphatic carbocycles. The zero-order valence-electron chi connectivity index (χ0n) is 18.0. The number of rotatable bonds is 2. The fourth-order valence-electron chi connectivity index (χ4n) is 3.25. The first-order valence-electron chi connectivity index (χ1n) is 10.5. The van der Waals surface area contributed by atoms with Crippen LogP contribution in [0.4, 0.5) is 0 Å². The number of benzene rings is 1. The van der Waals surface area contributed by atoms with E-state index in [1.54, 1.807) is 0 Å². The highest BCUT2D eigenvalue weighted by atomic mass is 16.5. The van der Waals surface area contributed by atoms with Crippen LogP contribution in [0.2, 0.25) is 0 Å². The highest BCUT2D eigenvalue weighted by molar-refractivity contribution is 5.66. The van der Waals surface area contributed by atoms with Gasteiger partial charge in [-0.15, -0.1) is 0 Å². The molecule has 1 aromatic carbocycles. The minimum atomic E-state index is -0.183. The van der Waals surface area contributed by atoms with E-state index >= 15 is 0 Å². The van der Waals surface area contributed by atoms with Gasteiger partial charge in [-0.1, -0.05) is 58.4 Å². The summed E-state index contributed by atoms with van der Waals surface area (Å²) in [6, 6.07) is 8.24. The zero-order valence-corrected chi connectivity index (χ0v) is 18.0. The van der Waals surface area contributed by atoms with Crippen LogP contribution in [0.15, 0.2) is 24.3 Å². The van der Waals surface area contributed by atoms with Gasteiger partial charge in [-0.3, -0.25) is 9.59 Å². The molecule has 0 spiro atoms. The van der Waals surface area contributed by atoms with Gasteiger partial charge in [0.15, 0.2) is 0 Å². The van der Waals surface area contributed by atoms with Crippen LogP contribution >= 0.6 is 0 Å². The number of fused-ring (bicyclic) bond motifs is 1. The van der Waals surface area contributed by atoms with Crippen LogP contribution in [0.1, 0.15) is 84.8 Å². The van der Waals surface area contributed by atoms with Crippen molar-refractivity contribution in [1.29, 1.82) is 0 Å². The van der Waals surface area contributed by atoms with Gasteiger partial charge in [-0.25, -0.2) is 0 Å². The normalized spacial score (nSPS) is 15.5. The minimum absolute atomic E-state index is 0.0647. The van der Waals surface area contributed by atoms with Crippen molar-refractivity contribution in [3.05, 3.63) is 35.4 Å². The highest BCUT2D eigenvalue weighted by Gasteiger charge is 2.22. The van der Waals surface area contributed by atoms with E-state index in [0.717, 1.165) is 25.7 Å². The van der Waals surface area contributed by atoms with Crippen LogP contribution in [0, 0.1) is 0 Å². The molecule has 154 valence electrons. The van der Waals surface area contributed by atoms with Gasteiger partial charge >= 0.3 is 11.9 Å². The summed E-state index contributed by atoms with van der Waals surface area (Å²) in [5.74, 6) is -0.315. The summed E-state index contributed by atoms with van der Waals surface area (Å²) in [4.78, 5) is 21.2. The van der Waals surface area contributed by atoms with E-state index in [2.05, 4.69) is 12.1 Å². The van der Waals surface area contributed by atoms with Gasteiger partial charge < -0.3 is 9.47 Å². The SMILES string of the molecule is CC.CC.CC(=O)OC1CCCCC1.CC(=O)OC1Cc2ccccc2C1. The molecular weight excluding hydrogens is 340 g/mol. The summed E-state index contributed by atoms with van der Waals surface area (Å²) in [5.41, 5.74) is 2.63. The van der Waals surface area contributed by atoms with E-state index in [9.17, 15) is 9.59 Å². The summed E-state index contributed by atoms with van der Waals surface area (Å²) in [5, 5.41) is 0. The largest absolute Gasteiger partial charge is 0.463 e. The Morgan fingerprint density at radius 2 is 1.15 bits per heavy atom. The van der Waals surface area contributed by atoms with E-state index in [1.165, 1.54) is 44.2 Å². The van der Waals surface area contributed by atoms with Crippen molar-refractivity contribution in [2.75, 3.05) is 0 Å². The van der Waals surface area contributed by atoms with Gasteiger partial charge in [-0.05, 0) is 36.8 Å². The van der Waals surface area contributed by atoms with Crippen molar-refractivity contribution in [1.82, 2.24) is 0 Å². The molecule has 0 saturated heterocycles. The average Bonchev–Trinajstić information content (AvgIpc) is 3.07. The second kappa shape index (κ2) is 15.2. The molecule has 0 unspecified atom stereocenters. The molecule has 0 N–H and O–H groups in total. The fourth-order valence-corrected chi connectivity index (χ4v) is 3.25. The van der Waals surface area contributed by atoms with Crippen LogP contribution in [0.3, 0.4) is 0 Å². The molecule has 0 radical (unpaired) electrons. The molecule has 1 saturated carbocycles. The Labute approximate surface area is 165 Å². The maximum Gasteiger partial charge on any atom is 0.302 e. The second-order valence-corrected chi connectivity index (χ2v) is 6.28. The number of carbonyl (C=O) groups excluding carboxylic acids is 2. The standard InChI is InChI=1S/C11H12O2.C8H14O2.2C2H6/c1-8(12)13-11-6-9-4-2-3-5-10(9)7-11;1-7(9)10-8-5-3-2-4-6-8;2*1-2/h2-5,11H,6-7H2,1H3;8H,2-6H2,1H3;2*1-2H3. The van der Waals surface area contributed by atoms with Gasteiger partial charge in [0.2, 0.25) is 0 Å². The molecule has 27 heavy (non-hydrogen) atoms. The van der Waals surface area contributed by atoms with E-state index in [0.29, 0.717) is 0 Å². The topological polar surface area (TPSA) is 52.6 Å². The van der Waals surface area contributed by atoms with Crippen molar-refractivity contribution >= 4 is 11.9 Å². The Hall–Kier alpha value is -1.84. The summed E-state index contributed by atoms with van der Waals surface area (Å²) in [7, 11) is 0. The Morgan fingerprint density at radius 3 is 1.56 bits per heavy atom. The van der Waals surface area contributed by atoms with Crippen molar-refractivity contribution in [2.45, 2.75) is 98.7 Å². The third-order valence-corrected chi connectivity index (χ3v) is 4.23. The van der Waals surface area contributed by atoms with Crippen molar-refractivity contribution in [3.8, 4) is 0 Å². The van der Waals surface area contributed by atoms with Crippen LogP contribution in [0.5, 0.6) is 0 Å². The van der Waals surface area contributed by atoms with E-state index < -0.39 is 0 Å². The van der Waals surface area contributed by atoms with Gasteiger partial charge in [0.1, 0.15) is 12.2 Å². The number of esters is 2. The number of ether oxygens (including phenoxy) is 2. The third kappa shape index (κ3) is 10.8. The highest BCUT2D eigenvalue weighted by Crippen LogP contribution is 2.23. The molecule has 2 aliphatic rings. The van der Waals surface area contributed by atoms with Crippen molar-refractivity contribution in [3.63, 3.8) is 0 Å². The molecule has 1 fully saturated rings. The van der Waals surface area contributed by atoms with Crippen molar-refractivity contribution in [2.24, 2.45) is 0 Å². The lowest BCUT2D eigenvalue weighted by atomic mass is 9.98. The predicted octanol–water partition coefficient (Wildman–Crippen LogP) is 5.65. The molecule has 3 rings (SSSR count). The number of hydrogen-bond acceptors (Lipinski definition) is 4. The Balaban J connectivity index is 0.000000434. The molecule has 0 aromatic heterocycles. The monoisotopic (exact) mass is 378 g/mol. The lowest BCUT2D eigenvalue weighted by Crippen LogP contribution is -2.18. The van der Waals surface area contributed by atoms with E-state index in [1.807, 2.05) is 39.8 Å². The van der Waals surface area contributed by atoms with Crippen LogP contribution in [-0.4, -0.2) is 24.1 Å². The summed E-state index contributed by atoms with van der Waals surface area (Å²) >= 11 is 0. The first-order chi connectivity index (χ1) is 13.0. The number of carbonyl (C=O) groups is 2. The Kier molecular flexibility index (Phi) is 14.2. The van der Waals surface area contributed by atoms with E-state index in [-0.39, 0.29) is 24.1 Å². The van der Waals surface area contributed by atoms with Gasteiger partial charge in [-0.2, -0.15) is 0 Å². The van der Waals surface area contributed by atoms with Crippen LogP contribution < -0.4 is 0 Å². The van der Waals surface area contributed by atoms with Crippen LogP contribution in [-0.2, 0) is 31.9 Å². The first kappa shape index (κ1) is 25.2. The molecule has 0 aliphatic heterocycles. The van der Waals surface area contributed by atoms with Crippen molar-refractivity contribution < 1.29 is 19.1 Å². The summed E-state index contributed by atoms with van der Waals surface area (Å²) in [6.45, 7) is 10.9. The molecule has 0 amide bonds. The fraction of sp³-hybridized carbons (Fsp3) is 0.652. The minimum Gasteiger partial charge on any atom is -0.463 e. The van der Waals surface area contributed by atoms with Gasteiger partial charge in [0.25, 0.3) is 0 Å². The Bertz CT molecular complexity index is 508. The molecular formula is C23H38O4. The predicted molar refractivity (Wildman–Crippen MR) is 111 cm³/mol. The molecule has 0 heterocycles. The summed E-state index contributed by atoms with van der Waals surface area (Å²) in [6.07, 6.45) is 7.92. The van der Waals surface area contributed by atoms with E-state index in [4.69, 9.17) is 9.47 Å². The lowest BCUT2D eigenvalue weighted by molar-refractivity contribution is -0.148. The average molecular weight is 379 g/mol. The Morgan fingerprint density at radius 1 is 0.741 bits per heavy atom. The molecule has 0 bridgehead atoms. The van der Waals surface area contributed by atoms with Gasteiger partial charge in [0, 0.05) is 26.7 Å². The quantitative estimate of drug-likeness (QED) is 0.624. The zero-order chi connectivity index (χ0) is 20.7. The lowest BCUT2D eigenvalue weighted by Gasteiger charge is -2.20. The molecule has 1 aromatic rings. The smallest absolute Gasteiger partial charge is 0.302 e. The number of hydrogen-bond donors (Lipinski definition) is 0. The molecule has 0 atom stereocenters. The molecule has 4 heteroatoms. The molecule has 4 nitrogen and oxygen atoms in total. The summed E-state index contributed by atoms with van der Waals surface area (Å²) < 4.78 is 10.2. The van der Waals surface area contributed by atoms with Crippen LogP contribution in [0.25, 0.3) is 0 Å².